The molecule has 6 heteroatoms. The second kappa shape index (κ2) is 7.43. The van der Waals surface area contributed by atoms with Crippen molar-refractivity contribution in [3.63, 3.8) is 0 Å². The Bertz CT molecular complexity index is 462. The molecule has 1 saturated carbocycles. The maximum Gasteiger partial charge on any atom is 0.387 e. The van der Waals surface area contributed by atoms with E-state index in [1.165, 1.54) is 31.7 Å². The number of rotatable bonds is 7. The van der Waals surface area contributed by atoms with Gasteiger partial charge in [0.1, 0.15) is 0 Å². The number of nitrogens with two attached hydrogens (primary N) is 1. The summed E-state index contributed by atoms with van der Waals surface area (Å²) in [6, 6.07) is 2.18. The van der Waals surface area contributed by atoms with Crippen LogP contribution in [0.5, 0.6) is 5.75 Å². The van der Waals surface area contributed by atoms with Gasteiger partial charge in [-0.1, -0.05) is 25.7 Å². The van der Waals surface area contributed by atoms with Crippen LogP contribution in [-0.2, 0) is 0 Å². The van der Waals surface area contributed by atoms with Crippen LogP contribution < -0.4 is 15.8 Å². The molecule has 0 heterocycles. The Labute approximate surface area is 122 Å². The van der Waals surface area contributed by atoms with Gasteiger partial charge in [-0.15, -0.1) is 0 Å². The Morgan fingerprint density at radius 1 is 1.29 bits per heavy atom. The molecule has 21 heavy (non-hydrogen) atoms. The summed E-state index contributed by atoms with van der Waals surface area (Å²) < 4.78 is 41.9. The number of anilines is 2. The first kappa shape index (κ1) is 15.8. The van der Waals surface area contributed by atoms with Gasteiger partial charge in [-0.2, -0.15) is 8.78 Å². The summed E-state index contributed by atoms with van der Waals surface area (Å²) in [4.78, 5) is 0. The van der Waals surface area contributed by atoms with Crippen LogP contribution in [0.15, 0.2) is 12.1 Å². The molecule has 0 radical (unpaired) electrons. The van der Waals surface area contributed by atoms with E-state index in [-0.39, 0.29) is 5.69 Å². The fourth-order valence-electron chi connectivity index (χ4n) is 2.82. The number of ether oxygens (including phenoxy) is 1. The molecule has 2 rings (SSSR count). The molecule has 0 aliphatic heterocycles. The van der Waals surface area contributed by atoms with Gasteiger partial charge in [0.25, 0.3) is 0 Å². The Balaban J connectivity index is 1.86. The third-order valence-corrected chi connectivity index (χ3v) is 3.90. The molecule has 0 saturated heterocycles. The number of hydrogen-bond donors (Lipinski definition) is 2. The lowest BCUT2D eigenvalue weighted by Crippen LogP contribution is -2.09. The Morgan fingerprint density at radius 2 is 2.00 bits per heavy atom. The largest absolute Gasteiger partial charge is 0.432 e. The summed E-state index contributed by atoms with van der Waals surface area (Å²) in [5, 5.41) is 3.06. The zero-order chi connectivity index (χ0) is 15.2. The number of nitrogen functional groups attached to an aromatic ring is 1. The zero-order valence-corrected chi connectivity index (χ0v) is 11.9. The average Bonchev–Trinajstić information content (AvgIpc) is 2.92. The minimum Gasteiger partial charge on any atom is -0.432 e. The maximum absolute atomic E-state index is 13.4. The van der Waals surface area contributed by atoms with Gasteiger partial charge in [0, 0.05) is 18.7 Å². The molecular formula is C15H21F3N2O. The minimum atomic E-state index is -3.06. The number of nitrogens with one attached hydrogen (secondary N) is 1. The first-order valence-corrected chi connectivity index (χ1v) is 7.34. The van der Waals surface area contributed by atoms with Crippen molar-refractivity contribution >= 4 is 11.4 Å². The van der Waals surface area contributed by atoms with Crippen LogP contribution in [0.2, 0.25) is 0 Å². The van der Waals surface area contributed by atoms with E-state index in [1.807, 2.05) is 0 Å². The molecule has 1 aliphatic rings. The molecule has 1 aromatic carbocycles. The SMILES string of the molecule is Nc1cc(F)c(OC(F)F)cc1NCCCC1CCCC1. The van der Waals surface area contributed by atoms with Crippen LogP contribution in [0.4, 0.5) is 24.5 Å². The predicted octanol–water partition coefficient (Wildman–Crippen LogP) is 4.39. The van der Waals surface area contributed by atoms with Crippen LogP contribution >= 0.6 is 0 Å². The summed E-state index contributed by atoms with van der Waals surface area (Å²) in [7, 11) is 0. The topological polar surface area (TPSA) is 47.3 Å². The summed E-state index contributed by atoms with van der Waals surface area (Å²) in [5.41, 5.74) is 6.30. The Morgan fingerprint density at radius 3 is 2.67 bits per heavy atom. The van der Waals surface area contributed by atoms with E-state index in [1.54, 1.807) is 0 Å². The fourth-order valence-corrected chi connectivity index (χ4v) is 2.82. The Hall–Kier alpha value is -1.59. The molecule has 1 aromatic rings. The summed E-state index contributed by atoms with van der Waals surface area (Å²) >= 11 is 0. The summed E-state index contributed by atoms with van der Waals surface area (Å²) in [6.45, 7) is -2.38. The smallest absolute Gasteiger partial charge is 0.387 e. The van der Waals surface area contributed by atoms with Crippen molar-refractivity contribution in [2.24, 2.45) is 5.92 Å². The van der Waals surface area contributed by atoms with Crippen LogP contribution in [-0.4, -0.2) is 13.2 Å². The lowest BCUT2D eigenvalue weighted by molar-refractivity contribution is -0.0521. The van der Waals surface area contributed by atoms with Crippen molar-refractivity contribution in [1.82, 2.24) is 0 Å². The van der Waals surface area contributed by atoms with E-state index in [4.69, 9.17) is 5.73 Å². The lowest BCUT2D eigenvalue weighted by Gasteiger charge is -2.14. The second-order valence-electron chi connectivity index (χ2n) is 5.47. The molecule has 0 amide bonds. The second-order valence-corrected chi connectivity index (χ2v) is 5.47. The van der Waals surface area contributed by atoms with Crippen molar-refractivity contribution in [2.45, 2.75) is 45.1 Å². The summed E-state index contributed by atoms with van der Waals surface area (Å²) in [5.74, 6) is -0.572. The van der Waals surface area contributed by atoms with E-state index in [0.717, 1.165) is 24.8 Å². The van der Waals surface area contributed by atoms with Gasteiger partial charge in [-0.3, -0.25) is 0 Å². The maximum atomic E-state index is 13.4. The highest BCUT2D eigenvalue weighted by Gasteiger charge is 2.15. The van der Waals surface area contributed by atoms with Crippen molar-refractivity contribution in [3.8, 4) is 5.75 Å². The normalized spacial score (nSPS) is 15.6. The van der Waals surface area contributed by atoms with Gasteiger partial charge in [0.05, 0.1) is 11.4 Å². The molecule has 3 nitrogen and oxygen atoms in total. The first-order valence-electron chi connectivity index (χ1n) is 7.34. The first-order chi connectivity index (χ1) is 10.1. The van der Waals surface area contributed by atoms with Crippen molar-refractivity contribution in [3.05, 3.63) is 17.9 Å². The molecule has 0 aromatic heterocycles. The molecule has 118 valence electrons. The number of halogens is 3. The molecule has 0 atom stereocenters. The molecule has 0 unspecified atom stereocenters. The van der Waals surface area contributed by atoms with Gasteiger partial charge in [-0.05, 0) is 18.8 Å². The number of hydrogen-bond acceptors (Lipinski definition) is 3. The zero-order valence-electron chi connectivity index (χ0n) is 11.9. The highest BCUT2D eigenvalue weighted by atomic mass is 19.3. The monoisotopic (exact) mass is 302 g/mol. The van der Waals surface area contributed by atoms with Crippen molar-refractivity contribution < 1.29 is 17.9 Å². The highest BCUT2D eigenvalue weighted by Crippen LogP contribution is 2.30. The predicted molar refractivity (Wildman–Crippen MR) is 77.1 cm³/mol. The average molecular weight is 302 g/mol. The van der Waals surface area contributed by atoms with Crippen LogP contribution in [0.3, 0.4) is 0 Å². The molecule has 1 fully saturated rings. The molecule has 0 bridgehead atoms. The molecule has 0 spiro atoms. The van der Waals surface area contributed by atoms with Gasteiger partial charge in [-0.25, -0.2) is 4.39 Å². The highest BCUT2D eigenvalue weighted by molar-refractivity contribution is 5.68. The standard InChI is InChI=1S/C15H21F3N2O/c16-11-8-12(19)13(9-14(11)21-15(17)18)20-7-3-6-10-4-1-2-5-10/h8-10,15,20H,1-7,19H2. The number of alkyl halides is 2. The molecule has 3 N–H and O–H groups in total. The Kier molecular flexibility index (Phi) is 5.59. The van der Waals surface area contributed by atoms with Gasteiger partial charge in [0.15, 0.2) is 11.6 Å². The number of benzene rings is 1. The molecule has 1 aliphatic carbocycles. The summed E-state index contributed by atoms with van der Waals surface area (Å²) in [6.07, 6.45) is 7.35. The van der Waals surface area contributed by atoms with E-state index >= 15 is 0 Å². The van der Waals surface area contributed by atoms with Crippen LogP contribution in [0.1, 0.15) is 38.5 Å². The fraction of sp³-hybridized carbons (Fsp3) is 0.600. The van der Waals surface area contributed by atoms with Gasteiger partial charge in [0.2, 0.25) is 0 Å². The van der Waals surface area contributed by atoms with Gasteiger partial charge < -0.3 is 15.8 Å². The van der Waals surface area contributed by atoms with E-state index in [9.17, 15) is 13.2 Å². The van der Waals surface area contributed by atoms with Crippen molar-refractivity contribution in [2.75, 3.05) is 17.6 Å². The van der Waals surface area contributed by atoms with E-state index < -0.39 is 18.2 Å². The van der Waals surface area contributed by atoms with Gasteiger partial charge >= 0.3 is 6.61 Å². The lowest BCUT2D eigenvalue weighted by atomic mass is 10.0. The van der Waals surface area contributed by atoms with E-state index in [2.05, 4.69) is 10.1 Å². The third-order valence-electron chi connectivity index (χ3n) is 3.90. The third kappa shape index (κ3) is 4.72. The van der Waals surface area contributed by atoms with Crippen LogP contribution in [0, 0.1) is 11.7 Å². The quantitative estimate of drug-likeness (QED) is 0.580. The van der Waals surface area contributed by atoms with E-state index in [0.29, 0.717) is 12.2 Å². The molecular weight excluding hydrogens is 281 g/mol. The minimum absolute atomic E-state index is 0.190. The van der Waals surface area contributed by atoms with Crippen molar-refractivity contribution in [1.29, 1.82) is 0 Å². The van der Waals surface area contributed by atoms with Crippen LogP contribution in [0.25, 0.3) is 0 Å².